The van der Waals surface area contributed by atoms with Crippen LogP contribution in [0.25, 0.3) is 0 Å². The van der Waals surface area contributed by atoms with Gasteiger partial charge in [-0.25, -0.2) is 0 Å². The molecule has 0 saturated carbocycles. The van der Waals surface area contributed by atoms with E-state index in [1.165, 1.54) is 16.2 Å². The molecule has 0 aromatic carbocycles. The summed E-state index contributed by atoms with van der Waals surface area (Å²) in [4.78, 5) is 14.6. The summed E-state index contributed by atoms with van der Waals surface area (Å²) >= 11 is 1.27. The lowest BCUT2D eigenvalue weighted by Crippen LogP contribution is -2.42. The first-order valence-electron chi connectivity index (χ1n) is 8.71. The SMILES string of the molecule is CC1(C)OB(c2csc(C(=O)N3CCC(C(F)(F)F)CC3)c2)OC1(C)C. The van der Waals surface area contributed by atoms with Crippen LogP contribution >= 0.6 is 11.3 Å². The number of hydrogen-bond acceptors (Lipinski definition) is 4. The number of piperidine rings is 1. The number of hydrogen-bond donors (Lipinski definition) is 0. The van der Waals surface area contributed by atoms with Crippen molar-refractivity contribution in [2.45, 2.75) is 57.9 Å². The van der Waals surface area contributed by atoms with Gasteiger partial charge in [-0.1, -0.05) is 0 Å². The summed E-state index contributed by atoms with van der Waals surface area (Å²) in [6, 6.07) is 1.73. The van der Waals surface area contributed by atoms with E-state index < -0.39 is 30.4 Å². The van der Waals surface area contributed by atoms with Crippen LogP contribution in [0.15, 0.2) is 11.4 Å². The first-order chi connectivity index (χ1) is 11.9. The molecule has 0 spiro atoms. The molecule has 1 aromatic rings. The van der Waals surface area contributed by atoms with Crippen LogP contribution < -0.4 is 5.46 Å². The second-order valence-electron chi connectivity index (χ2n) is 7.94. The molecule has 9 heteroatoms. The molecule has 0 unspecified atom stereocenters. The Morgan fingerprint density at radius 2 is 1.73 bits per heavy atom. The van der Waals surface area contributed by atoms with Crippen molar-refractivity contribution in [1.82, 2.24) is 4.90 Å². The summed E-state index contributed by atoms with van der Waals surface area (Å²) in [7, 11) is -0.547. The van der Waals surface area contributed by atoms with Gasteiger partial charge in [0.15, 0.2) is 0 Å². The molecular formula is C17H23BF3NO3S. The van der Waals surface area contributed by atoms with Crippen LogP contribution in [0.3, 0.4) is 0 Å². The van der Waals surface area contributed by atoms with Gasteiger partial charge in [0.2, 0.25) is 0 Å². The summed E-state index contributed by atoms with van der Waals surface area (Å²) in [6.45, 7) is 8.08. The van der Waals surface area contributed by atoms with Crippen molar-refractivity contribution in [1.29, 1.82) is 0 Å². The maximum atomic E-state index is 12.8. The molecule has 2 aliphatic heterocycles. The highest BCUT2D eigenvalue weighted by atomic mass is 32.1. The average Bonchev–Trinajstić information content (AvgIpc) is 3.09. The number of carbonyl (C=O) groups is 1. The first-order valence-corrected chi connectivity index (χ1v) is 9.59. The van der Waals surface area contributed by atoms with Gasteiger partial charge in [-0.2, -0.15) is 13.2 Å². The minimum Gasteiger partial charge on any atom is -0.399 e. The molecule has 0 bridgehead atoms. The first kappa shape index (κ1) is 19.7. The molecule has 3 heterocycles. The van der Waals surface area contributed by atoms with Gasteiger partial charge in [0.25, 0.3) is 5.91 Å². The molecule has 0 radical (unpaired) electrons. The number of alkyl halides is 3. The third kappa shape index (κ3) is 3.66. The Labute approximate surface area is 155 Å². The van der Waals surface area contributed by atoms with E-state index in [4.69, 9.17) is 9.31 Å². The summed E-state index contributed by atoms with van der Waals surface area (Å²) in [5, 5.41) is 1.82. The topological polar surface area (TPSA) is 38.8 Å². The van der Waals surface area contributed by atoms with E-state index in [-0.39, 0.29) is 31.8 Å². The predicted molar refractivity (Wildman–Crippen MR) is 94.7 cm³/mol. The number of thiophene rings is 1. The normalized spacial score (nSPS) is 23.5. The largest absolute Gasteiger partial charge is 0.495 e. The van der Waals surface area contributed by atoms with Crippen LogP contribution in [0.5, 0.6) is 0 Å². The Morgan fingerprint density at radius 3 is 2.23 bits per heavy atom. The standard InChI is InChI=1S/C17H23BF3NO3S/c1-15(2)16(3,4)25-18(24-15)12-9-13(26-10-12)14(23)22-7-5-11(6-8-22)17(19,20)21/h9-11H,5-8H2,1-4H3. The molecule has 3 rings (SSSR count). The Bertz CT molecular complexity index is 665. The average molecular weight is 389 g/mol. The quantitative estimate of drug-likeness (QED) is 0.728. The number of nitrogens with zero attached hydrogens (tertiary/aromatic N) is 1. The van der Waals surface area contributed by atoms with Crippen LogP contribution in [0.1, 0.15) is 50.2 Å². The van der Waals surface area contributed by atoms with E-state index in [2.05, 4.69) is 0 Å². The van der Waals surface area contributed by atoms with Crippen molar-refractivity contribution in [3.8, 4) is 0 Å². The van der Waals surface area contributed by atoms with Crippen molar-refractivity contribution in [2.24, 2.45) is 5.92 Å². The van der Waals surface area contributed by atoms with Gasteiger partial charge in [-0.15, -0.1) is 11.3 Å². The van der Waals surface area contributed by atoms with E-state index in [1.807, 2.05) is 33.1 Å². The van der Waals surface area contributed by atoms with Gasteiger partial charge in [0.1, 0.15) is 0 Å². The van der Waals surface area contributed by atoms with Crippen molar-refractivity contribution < 1.29 is 27.3 Å². The van der Waals surface area contributed by atoms with Crippen molar-refractivity contribution in [3.63, 3.8) is 0 Å². The Balaban J connectivity index is 1.65. The lowest BCUT2D eigenvalue weighted by Gasteiger charge is -2.32. The Kier molecular flexibility index (Phi) is 4.95. The van der Waals surface area contributed by atoms with E-state index in [0.717, 1.165) is 5.46 Å². The lowest BCUT2D eigenvalue weighted by molar-refractivity contribution is -0.183. The third-order valence-electron chi connectivity index (χ3n) is 5.60. The van der Waals surface area contributed by atoms with E-state index in [1.54, 1.807) is 6.07 Å². The van der Waals surface area contributed by atoms with Crippen LogP contribution in [-0.4, -0.2) is 48.4 Å². The van der Waals surface area contributed by atoms with E-state index in [0.29, 0.717) is 4.88 Å². The fourth-order valence-electron chi connectivity index (χ4n) is 3.13. The van der Waals surface area contributed by atoms with E-state index >= 15 is 0 Å². The summed E-state index contributed by atoms with van der Waals surface area (Å²) in [5.41, 5.74) is -0.172. The lowest BCUT2D eigenvalue weighted by atomic mass is 9.81. The van der Waals surface area contributed by atoms with Crippen molar-refractivity contribution in [3.05, 3.63) is 16.3 Å². The number of likely N-dealkylation sites (tertiary alicyclic amines) is 1. The van der Waals surface area contributed by atoms with Gasteiger partial charge in [-0.05, 0) is 57.4 Å². The van der Waals surface area contributed by atoms with Crippen LogP contribution in [-0.2, 0) is 9.31 Å². The molecular weight excluding hydrogens is 366 g/mol. The minimum absolute atomic E-state index is 0.0370. The predicted octanol–water partition coefficient (Wildman–Crippen LogP) is 3.46. The zero-order chi connectivity index (χ0) is 19.3. The van der Waals surface area contributed by atoms with Crippen LogP contribution in [0.4, 0.5) is 13.2 Å². The van der Waals surface area contributed by atoms with E-state index in [9.17, 15) is 18.0 Å². The summed E-state index contributed by atoms with van der Waals surface area (Å²) in [6.07, 6.45) is -4.25. The fourth-order valence-corrected chi connectivity index (χ4v) is 4.01. The number of rotatable bonds is 2. The third-order valence-corrected chi connectivity index (χ3v) is 6.54. The summed E-state index contributed by atoms with van der Waals surface area (Å²) in [5.74, 6) is -1.53. The van der Waals surface area contributed by atoms with Gasteiger partial charge in [0, 0.05) is 13.1 Å². The minimum atomic E-state index is -4.18. The molecule has 2 saturated heterocycles. The molecule has 1 aromatic heterocycles. The molecule has 0 atom stereocenters. The smallest absolute Gasteiger partial charge is 0.399 e. The van der Waals surface area contributed by atoms with Gasteiger partial charge in [0.05, 0.1) is 22.0 Å². The summed E-state index contributed by atoms with van der Waals surface area (Å²) < 4.78 is 50.2. The van der Waals surface area contributed by atoms with Crippen molar-refractivity contribution in [2.75, 3.05) is 13.1 Å². The molecule has 2 fully saturated rings. The fraction of sp³-hybridized carbons (Fsp3) is 0.706. The monoisotopic (exact) mass is 389 g/mol. The highest BCUT2D eigenvalue weighted by molar-refractivity contribution is 7.13. The van der Waals surface area contributed by atoms with Gasteiger partial charge < -0.3 is 14.2 Å². The van der Waals surface area contributed by atoms with Gasteiger partial charge in [-0.3, -0.25) is 4.79 Å². The molecule has 144 valence electrons. The molecule has 2 aliphatic rings. The van der Waals surface area contributed by atoms with Crippen molar-refractivity contribution >= 4 is 29.8 Å². The Morgan fingerprint density at radius 1 is 1.19 bits per heavy atom. The number of halogens is 3. The van der Waals surface area contributed by atoms with Crippen LogP contribution in [0.2, 0.25) is 0 Å². The molecule has 0 N–H and O–H groups in total. The van der Waals surface area contributed by atoms with Gasteiger partial charge >= 0.3 is 13.3 Å². The highest BCUT2D eigenvalue weighted by Gasteiger charge is 2.52. The zero-order valence-corrected chi connectivity index (χ0v) is 16.2. The second-order valence-corrected chi connectivity index (χ2v) is 8.85. The highest BCUT2D eigenvalue weighted by Crippen LogP contribution is 2.37. The van der Waals surface area contributed by atoms with Crippen LogP contribution in [0, 0.1) is 5.92 Å². The second kappa shape index (κ2) is 6.53. The Hall–Kier alpha value is -1.06. The zero-order valence-electron chi connectivity index (χ0n) is 15.4. The number of carbonyl (C=O) groups excluding carboxylic acids is 1. The maximum absolute atomic E-state index is 12.8. The molecule has 0 aliphatic carbocycles. The number of amides is 1. The molecule has 1 amide bonds. The molecule has 4 nitrogen and oxygen atoms in total. The maximum Gasteiger partial charge on any atom is 0.495 e. The molecule has 26 heavy (non-hydrogen) atoms.